The number of Topliss-reactive ketones (excluding diaryl/α,β-unsaturated/α-hetero) is 1. The lowest BCUT2D eigenvalue weighted by Crippen LogP contribution is -2.34. The Hall–Kier alpha value is -2.46. The standard InChI is InChI=1S/C26H32N2O2/c1-16-11-17(2)25(19(4)29)18(3)23(16)14-27-12-22-13-28(20(5)30)26(24(22)15-27)21-9-7-6-8-10-21/h6-11,22,24,26H,12-15H2,1-5H3/t22-,24-,26-/m1/s1. The van der Waals surface area contributed by atoms with Crippen molar-refractivity contribution in [3.05, 3.63) is 69.8 Å². The van der Waals surface area contributed by atoms with Crippen molar-refractivity contribution in [3.63, 3.8) is 0 Å². The molecule has 0 unspecified atom stereocenters. The van der Waals surface area contributed by atoms with E-state index < -0.39 is 0 Å². The molecule has 0 N–H and O–H groups in total. The minimum absolute atomic E-state index is 0.144. The number of carbonyl (C=O) groups is 2. The van der Waals surface area contributed by atoms with Crippen molar-refractivity contribution in [1.29, 1.82) is 0 Å². The lowest BCUT2D eigenvalue weighted by molar-refractivity contribution is -0.130. The van der Waals surface area contributed by atoms with E-state index in [1.807, 2.05) is 13.0 Å². The summed E-state index contributed by atoms with van der Waals surface area (Å²) in [5, 5.41) is 0. The van der Waals surface area contributed by atoms with E-state index in [-0.39, 0.29) is 17.7 Å². The molecule has 0 radical (unpaired) electrons. The number of amides is 1. The molecule has 0 saturated carbocycles. The molecule has 4 nitrogen and oxygen atoms in total. The zero-order valence-electron chi connectivity index (χ0n) is 18.7. The second-order valence-corrected chi connectivity index (χ2v) is 9.19. The van der Waals surface area contributed by atoms with Gasteiger partial charge in [-0.15, -0.1) is 0 Å². The Labute approximate surface area is 179 Å². The van der Waals surface area contributed by atoms with Crippen LogP contribution in [0.15, 0.2) is 36.4 Å². The average molecular weight is 405 g/mol. The third-order valence-corrected chi connectivity index (χ3v) is 7.15. The van der Waals surface area contributed by atoms with Gasteiger partial charge in [-0.2, -0.15) is 0 Å². The second-order valence-electron chi connectivity index (χ2n) is 9.19. The first-order valence-corrected chi connectivity index (χ1v) is 10.9. The average Bonchev–Trinajstić information content (AvgIpc) is 3.22. The van der Waals surface area contributed by atoms with E-state index in [0.717, 1.165) is 42.9 Å². The van der Waals surface area contributed by atoms with Crippen molar-refractivity contribution in [1.82, 2.24) is 9.80 Å². The van der Waals surface area contributed by atoms with E-state index in [9.17, 15) is 9.59 Å². The highest BCUT2D eigenvalue weighted by Crippen LogP contribution is 2.45. The quantitative estimate of drug-likeness (QED) is 0.706. The molecule has 0 aliphatic carbocycles. The molecule has 2 aromatic carbocycles. The number of hydrogen-bond donors (Lipinski definition) is 0. The number of rotatable bonds is 4. The van der Waals surface area contributed by atoms with Crippen LogP contribution in [0.1, 0.15) is 58.1 Å². The largest absolute Gasteiger partial charge is 0.335 e. The van der Waals surface area contributed by atoms with Crippen LogP contribution in [-0.4, -0.2) is 41.1 Å². The van der Waals surface area contributed by atoms with E-state index in [2.05, 4.69) is 54.0 Å². The first-order valence-electron chi connectivity index (χ1n) is 10.9. The lowest BCUT2D eigenvalue weighted by atomic mass is 9.89. The molecule has 2 saturated heterocycles. The summed E-state index contributed by atoms with van der Waals surface area (Å²) in [5.41, 5.74) is 6.86. The van der Waals surface area contributed by atoms with Crippen molar-refractivity contribution in [3.8, 4) is 0 Å². The molecule has 1 amide bonds. The first kappa shape index (κ1) is 20.8. The highest BCUT2D eigenvalue weighted by atomic mass is 16.2. The highest BCUT2D eigenvalue weighted by Gasteiger charge is 2.48. The molecule has 2 aliphatic rings. The number of fused-ring (bicyclic) bond motifs is 1. The summed E-state index contributed by atoms with van der Waals surface area (Å²) < 4.78 is 0. The van der Waals surface area contributed by atoms with Crippen molar-refractivity contribution in [2.45, 2.75) is 47.2 Å². The van der Waals surface area contributed by atoms with Gasteiger partial charge in [0.1, 0.15) is 0 Å². The summed E-state index contributed by atoms with van der Waals surface area (Å²) in [6, 6.07) is 12.8. The first-order chi connectivity index (χ1) is 14.3. The highest BCUT2D eigenvalue weighted by molar-refractivity contribution is 5.97. The van der Waals surface area contributed by atoms with Crippen LogP contribution in [0.25, 0.3) is 0 Å². The molecule has 2 fully saturated rings. The van der Waals surface area contributed by atoms with Crippen molar-refractivity contribution < 1.29 is 9.59 Å². The summed E-state index contributed by atoms with van der Waals surface area (Å²) in [6.45, 7) is 13.3. The molecule has 2 aliphatic heterocycles. The van der Waals surface area contributed by atoms with Gasteiger partial charge >= 0.3 is 0 Å². The second kappa shape index (κ2) is 7.99. The van der Waals surface area contributed by atoms with Gasteiger partial charge < -0.3 is 4.90 Å². The smallest absolute Gasteiger partial charge is 0.219 e. The van der Waals surface area contributed by atoms with Gasteiger partial charge in [-0.05, 0) is 61.4 Å². The van der Waals surface area contributed by atoms with Crippen LogP contribution in [0.3, 0.4) is 0 Å². The lowest BCUT2D eigenvalue weighted by Gasteiger charge is -2.29. The fourth-order valence-electron chi connectivity index (χ4n) is 5.90. The van der Waals surface area contributed by atoms with E-state index in [1.165, 1.54) is 16.7 Å². The number of aryl methyl sites for hydroxylation is 2. The van der Waals surface area contributed by atoms with Gasteiger partial charge in [0.15, 0.2) is 5.78 Å². The van der Waals surface area contributed by atoms with Crippen LogP contribution < -0.4 is 0 Å². The Morgan fingerprint density at radius 1 is 0.967 bits per heavy atom. The number of nitrogens with zero attached hydrogens (tertiary/aromatic N) is 2. The Morgan fingerprint density at radius 2 is 1.67 bits per heavy atom. The Bertz CT molecular complexity index is 982. The maximum Gasteiger partial charge on any atom is 0.219 e. The van der Waals surface area contributed by atoms with Crippen LogP contribution in [0.5, 0.6) is 0 Å². The van der Waals surface area contributed by atoms with E-state index in [1.54, 1.807) is 13.8 Å². The van der Waals surface area contributed by atoms with E-state index >= 15 is 0 Å². The van der Waals surface area contributed by atoms with Crippen LogP contribution in [0.2, 0.25) is 0 Å². The number of ketones is 1. The fraction of sp³-hybridized carbons (Fsp3) is 0.462. The van der Waals surface area contributed by atoms with Gasteiger partial charge in [-0.3, -0.25) is 14.5 Å². The van der Waals surface area contributed by atoms with Gasteiger partial charge in [-0.25, -0.2) is 0 Å². The SMILES string of the molecule is CC(=O)c1c(C)cc(C)c(CN2C[C@@H]3CN(C(C)=O)[C@H](c4ccccc4)[C@@H]3C2)c1C. The zero-order valence-corrected chi connectivity index (χ0v) is 18.7. The van der Waals surface area contributed by atoms with Crippen molar-refractivity contribution in [2.75, 3.05) is 19.6 Å². The van der Waals surface area contributed by atoms with Gasteiger partial charge in [-0.1, -0.05) is 36.4 Å². The maximum atomic E-state index is 12.3. The molecule has 0 bridgehead atoms. The third-order valence-electron chi connectivity index (χ3n) is 7.15. The predicted octanol–water partition coefficient (Wildman–Crippen LogP) is 4.47. The molecule has 4 heteroatoms. The Kier molecular flexibility index (Phi) is 5.54. The van der Waals surface area contributed by atoms with Crippen molar-refractivity contribution in [2.24, 2.45) is 11.8 Å². The summed E-state index contributed by atoms with van der Waals surface area (Å²) in [5.74, 6) is 1.26. The molecule has 0 spiro atoms. The summed E-state index contributed by atoms with van der Waals surface area (Å²) in [6.07, 6.45) is 0. The monoisotopic (exact) mass is 404 g/mol. The Morgan fingerprint density at radius 3 is 2.30 bits per heavy atom. The molecule has 30 heavy (non-hydrogen) atoms. The van der Waals surface area contributed by atoms with Gasteiger partial charge in [0.2, 0.25) is 5.91 Å². The van der Waals surface area contributed by atoms with Crippen LogP contribution in [0, 0.1) is 32.6 Å². The molecule has 3 atom stereocenters. The molecule has 158 valence electrons. The molecular weight excluding hydrogens is 372 g/mol. The van der Waals surface area contributed by atoms with Crippen LogP contribution >= 0.6 is 0 Å². The zero-order chi connectivity index (χ0) is 21.6. The molecule has 4 rings (SSSR count). The number of carbonyl (C=O) groups excluding carboxylic acids is 2. The molecular formula is C26H32N2O2. The molecule has 0 aromatic heterocycles. The van der Waals surface area contributed by atoms with Gasteiger partial charge in [0.05, 0.1) is 6.04 Å². The summed E-state index contributed by atoms with van der Waals surface area (Å²) in [4.78, 5) is 29.1. The molecule has 2 aromatic rings. The summed E-state index contributed by atoms with van der Waals surface area (Å²) >= 11 is 0. The normalized spacial score (nSPS) is 23.6. The fourth-order valence-corrected chi connectivity index (χ4v) is 5.90. The van der Waals surface area contributed by atoms with Crippen molar-refractivity contribution >= 4 is 11.7 Å². The minimum atomic E-state index is 0.144. The van der Waals surface area contributed by atoms with E-state index in [4.69, 9.17) is 0 Å². The topological polar surface area (TPSA) is 40.6 Å². The van der Waals surface area contributed by atoms with Crippen LogP contribution in [-0.2, 0) is 11.3 Å². The summed E-state index contributed by atoms with van der Waals surface area (Å²) in [7, 11) is 0. The predicted molar refractivity (Wildman–Crippen MR) is 119 cm³/mol. The third kappa shape index (κ3) is 3.58. The molecule has 2 heterocycles. The number of likely N-dealkylation sites (tertiary alicyclic amines) is 2. The van der Waals surface area contributed by atoms with Gasteiger partial charge in [0, 0.05) is 44.6 Å². The van der Waals surface area contributed by atoms with E-state index in [0.29, 0.717) is 11.8 Å². The maximum absolute atomic E-state index is 12.3. The minimum Gasteiger partial charge on any atom is -0.335 e. The van der Waals surface area contributed by atoms with Crippen LogP contribution in [0.4, 0.5) is 0 Å². The number of hydrogen-bond acceptors (Lipinski definition) is 3. The van der Waals surface area contributed by atoms with Gasteiger partial charge in [0.25, 0.3) is 0 Å². The Balaban J connectivity index is 1.59. The number of benzene rings is 2.